The van der Waals surface area contributed by atoms with Crippen molar-refractivity contribution in [2.75, 3.05) is 5.32 Å². The number of benzene rings is 2. The van der Waals surface area contributed by atoms with Gasteiger partial charge >= 0.3 is 0 Å². The van der Waals surface area contributed by atoms with Crippen LogP contribution in [0.3, 0.4) is 0 Å². The Labute approximate surface area is 173 Å². The number of hydrogen-bond donors (Lipinski definition) is 1. The summed E-state index contributed by atoms with van der Waals surface area (Å²) in [6.45, 7) is 4.02. The average molecular weight is 412 g/mol. The lowest BCUT2D eigenvalue weighted by Gasteiger charge is -2.15. The number of nitrogens with zero attached hydrogens (tertiary/aromatic N) is 2. The third-order valence-corrected chi connectivity index (χ3v) is 6.12. The van der Waals surface area contributed by atoms with Crippen LogP contribution in [-0.2, 0) is 9.59 Å². The molecular weight excluding hydrogens is 389 g/mol. The second-order valence-electron chi connectivity index (χ2n) is 7.46. The summed E-state index contributed by atoms with van der Waals surface area (Å²) in [7, 11) is 0. The van der Waals surface area contributed by atoms with Gasteiger partial charge in [-0.3, -0.25) is 14.5 Å². The summed E-state index contributed by atoms with van der Waals surface area (Å²) in [4.78, 5) is 31.8. The van der Waals surface area contributed by atoms with E-state index >= 15 is 0 Å². The minimum atomic E-state index is -0.549. The van der Waals surface area contributed by atoms with E-state index in [4.69, 9.17) is 4.99 Å². The molecule has 2 fully saturated rings. The molecule has 1 aliphatic carbocycles. The van der Waals surface area contributed by atoms with Gasteiger partial charge in [0.15, 0.2) is 5.17 Å². The maximum Gasteiger partial charge on any atom is 0.242 e. The summed E-state index contributed by atoms with van der Waals surface area (Å²) in [5.74, 6) is -0.975. The normalized spacial score (nSPS) is 20.4. The second kappa shape index (κ2) is 7.99. The number of nitrogens with one attached hydrogen (secondary N) is 1. The van der Waals surface area contributed by atoms with Crippen LogP contribution in [0, 0.1) is 19.7 Å². The van der Waals surface area contributed by atoms with Crippen LogP contribution in [0.4, 0.5) is 15.8 Å². The van der Waals surface area contributed by atoms with E-state index in [1.165, 1.54) is 23.9 Å². The molecule has 29 heavy (non-hydrogen) atoms. The Hall–Kier alpha value is -2.67. The number of hydrogen-bond acceptors (Lipinski definition) is 4. The molecule has 0 spiro atoms. The first-order valence-electron chi connectivity index (χ1n) is 9.62. The van der Waals surface area contributed by atoms with Crippen LogP contribution in [0.2, 0.25) is 0 Å². The van der Waals surface area contributed by atoms with Crippen LogP contribution >= 0.6 is 11.8 Å². The number of anilines is 1. The summed E-state index contributed by atoms with van der Waals surface area (Å²) in [5, 5.41) is 2.66. The van der Waals surface area contributed by atoms with Crippen LogP contribution in [0.15, 0.2) is 47.5 Å². The molecule has 0 unspecified atom stereocenters. The number of aryl methyl sites for hydroxylation is 2. The molecular formula is C22H22FN3O2S. The molecule has 0 radical (unpaired) electrons. The van der Waals surface area contributed by atoms with E-state index in [2.05, 4.69) is 11.4 Å². The molecule has 1 aliphatic heterocycles. The molecule has 2 aliphatic rings. The molecule has 0 aromatic heterocycles. The zero-order valence-corrected chi connectivity index (χ0v) is 17.1. The van der Waals surface area contributed by atoms with Crippen molar-refractivity contribution in [2.45, 2.75) is 44.4 Å². The van der Waals surface area contributed by atoms with Gasteiger partial charge in [-0.25, -0.2) is 9.38 Å². The fourth-order valence-electron chi connectivity index (χ4n) is 3.33. The van der Waals surface area contributed by atoms with Gasteiger partial charge in [-0.2, -0.15) is 0 Å². The molecule has 7 heteroatoms. The van der Waals surface area contributed by atoms with Gasteiger partial charge in [0, 0.05) is 12.5 Å². The van der Waals surface area contributed by atoms with E-state index in [0.717, 1.165) is 29.7 Å². The van der Waals surface area contributed by atoms with Gasteiger partial charge in [-0.15, -0.1) is 0 Å². The number of halogens is 1. The standard InChI is InChI=1S/C22H22FN3O2S/c1-13-7-10-17(14(2)11-13)25-22-26(15-8-9-15)21(28)19(29-22)12-20(27)24-18-6-4-3-5-16(18)23/h3-7,10-11,15,19H,8-9,12H2,1-2H3,(H,24,27)/t19-/m0/s1. The third kappa shape index (κ3) is 4.34. The van der Waals surface area contributed by atoms with Crippen LogP contribution < -0.4 is 5.32 Å². The monoisotopic (exact) mass is 411 g/mol. The number of rotatable bonds is 5. The lowest BCUT2D eigenvalue weighted by atomic mass is 10.1. The smallest absolute Gasteiger partial charge is 0.242 e. The first kappa shape index (κ1) is 19.6. The number of amides is 2. The molecule has 1 N–H and O–H groups in total. The predicted molar refractivity (Wildman–Crippen MR) is 114 cm³/mol. The topological polar surface area (TPSA) is 61.8 Å². The Balaban J connectivity index is 1.52. The van der Waals surface area contributed by atoms with Gasteiger partial charge in [0.2, 0.25) is 11.8 Å². The predicted octanol–water partition coefficient (Wildman–Crippen LogP) is 4.57. The second-order valence-corrected chi connectivity index (χ2v) is 8.63. The largest absolute Gasteiger partial charge is 0.324 e. The van der Waals surface area contributed by atoms with Gasteiger partial charge in [0.25, 0.3) is 0 Å². The Bertz CT molecular complexity index is 1000. The number of para-hydroxylation sites is 1. The van der Waals surface area contributed by atoms with Crippen LogP contribution in [0.25, 0.3) is 0 Å². The zero-order chi connectivity index (χ0) is 20.5. The van der Waals surface area contributed by atoms with Crippen molar-refractivity contribution < 1.29 is 14.0 Å². The quantitative estimate of drug-likeness (QED) is 0.784. The average Bonchev–Trinajstić information content (AvgIpc) is 3.45. The van der Waals surface area contributed by atoms with Gasteiger partial charge in [-0.05, 0) is 50.5 Å². The molecule has 2 aromatic carbocycles. The highest BCUT2D eigenvalue weighted by atomic mass is 32.2. The first-order valence-corrected chi connectivity index (χ1v) is 10.5. The van der Waals surface area contributed by atoms with Gasteiger partial charge in [-0.1, -0.05) is 41.6 Å². The van der Waals surface area contributed by atoms with Gasteiger partial charge in [0.05, 0.1) is 11.4 Å². The van der Waals surface area contributed by atoms with Crippen LogP contribution in [0.5, 0.6) is 0 Å². The number of aliphatic imine (C=N–C) groups is 1. The Kier molecular flexibility index (Phi) is 5.41. The lowest BCUT2D eigenvalue weighted by molar-refractivity contribution is -0.128. The van der Waals surface area contributed by atoms with Crippen molar-refractivity contribution in [3.8, 4) is 0 Å². The highest BCUT2D eigenvalue weighted by Crippen LogP contribution is 2.40. The number of amidine groups is 1. The third-order valence-electron chi connectivity index (χ3n) is 4.97. The SMILES string of the molecule is Cc1ccc(N=C2S[C@@H](CC(=O)Nc3ccccc3F)C(=O)N2C2CC2)c(C)c1. The van der Waals surface area contributed by atoms with E-state index in [0.29, 0.717) is 5.17 Å². The summed E-state index contributed by atoms with van der Waals surface area (Å²) in [6.07, 6.45) is 1.88. The van der Waals surface area contributed by atoms with Crippen LogP contribution in [0.1, 0.15) is 30.4 Å². The number of carbonyl (C=O) groups excluding carboxylic acids is 2. The number of thioether (sulfide) groups is 1. The summed E-state index contributed by atoms with van der Waals surface area (Å²) >= 11 is 1.32. The Morgan fingerprint density at radius 1 is 1.24 bits per heavy atom. The maximum atomic E-state index is 13.8. The molecule has 1 saturated heterocycles. The van der Waals surface area contributed by atoms with Crippen LogP contribution in [-0.4, -0.2) is 33.2 Å². The van der Waals surface area contributed by atoms with E-state index in [1.54, 1.807) is 17.0 Å². The van der Waals surface area contributed by atoms with Gasteiger partial charge < -0.3 is 5.32 Å². The Morgan fingerprint density at radius 2 is 2.00 bits per heavy atom. The molecule has 4 rings (SSSR count). The molecule has 1 atom stereocenters. The minimum absolute atomic E-state index is 0.0209. The zero-order valence-electron chi connectivity index (χ0n) is 16.3. The van der Waals surface area contributed by atoms with E-state index < -0.39 is 11.1 Å². The van der Waals surface area contributed by atoms with Crippen molar-refractivity contribution in [1.82, 2.24) is 4.90 Å². The molecule has 2 aromatic rings. The Morgan fingerprint density at radius 3 is 2.69 bits per heavy atom. The summed E-state index contributed by atoms with van der Waals surface area (Å²) < 4.78 is 13.8. The summed E-state index contributed by atoms with van der Waals surface area (Å²) in [5.41, 5.74) is 3.15. The molecule has 1 saturated carbocycles. The van der Waals surface area contributed by atoms with Crippen molar-refractivity contribution in [2.24, 2.45) is 4.99 Å². The van der Waals surface area contributed by atoms with Crippen molar-refractivity contribution >= 4 is 40.1 Å². The highest BCUT2D eigenvalue weighted by Gasteiger charge is 2.46. The first-order chi connectivity index (χ1) is 13.9. The van der Waals surface area contributed by atoms with E-state index in [1.807, 2.05) is 26.0 Å². The highest BCUT2D eigenvalue weighted by molar-refractivity contribution is 8.15. The minimum Gasteiger partial charge on any atom is -0.324 e. The fourth-order valence-corrected chi connectivity index (χ4v) is 4.54. The van der Waals surface area contributed by atoms with E-state index in [-0.39, 0.29) is 30.0 Å². The molecule has 5 nitrogen and oxygen atoms in total. The molecule has 2 amide bonds. The molecule has 150 valence electrons. The lowest BCUT2D eigenvalue weighted by Crippen LogP contribution is -2.35. The maximum absolute atomic E-state index is 13.8. The molecule has 0 bridgehead atoms. The van der Waals surface area contributed by atoms with E-state index in [9.17, 15) is 14.0 Å². The van der Waals surface area contributed by atoms with Crippen molar-refractivity contribution in [3.63, 3.8) is 0 Å². The summed E-state index contributed by atoms with van der Waals surface area (Å²) in [6, 6.07) is 12.2. The molecule has 1 heterocycles. The number of carbonyl (C=O) groups is 2. The van der Waals surface area contributed by atoms with Gasteiger partial charge in [0.1, 0.15) is 11.1 Å². The van der Waals surface area contributed by atoms with Crippen molar-refractivity contribution in [3.05, 3.63) is 59.4 Å². The fraction of sp³-hybridized carbons (Fsp3) is 0.318. The van der Waals surface area contributed by atoms with Crippen molar-refractivity contribution in [1.29, 1.82) is 0 Å².